The summed E-state index contributed by atoms with van der Waals surface area (Å²) in [4.78, 5) is 0. The van der Waals surface area contributed by atoms with E-state index in [0.29, 0.717) is 23.9 Å². The molecule has 0 aliphatic rings. The lowest BCUT2D eigenvalue weighted by Crippen LogP contribution is -2.29. The number of nitrogens with one attached hydrogen (secondary N) is 1. The second kappa shape index (κ2) is 7.00. The van der Waals surface area contributed by atoms with Gasteiger partial charge in [-0.1, -0.05) is 15.9 Å². The first kappa shape index (κ1) is 14.5. The van der Waals surface area contributed by atoms with Crippen molar-refractivity contribution in [2.75, 3.05) is 13.7 Å². The molecule has 6 heteroatoms. The predicted octanol–water partition coefficient (Wildman–Crippen LogP) is 2.66. The molecule has 0 spiro atoms. The number of benzene rings is 1. The second-order valence-corrected chi connectivity index (χ2v) is 4.55. The molecule has 96 valence electrons. The molecule has 0 heterocycles. The third kappa shape index (κ3) is 3.99. The van der Waals surface area contributed by atoms with Crippen molar-refractivity contribution in [1.82, 2.24) is 5.43 Å². The van der Waals surface area contributed by atoms with Gasteiger partial charge in [-0.05, 0) is 25.0 Å². The lowest BCUT2D eigenvalue weighted by molar-refractivity contribution is 0.188. The molecule has 1 atom stereocenters. The fraction of sp³-hybridized carbons (Fsp3) is 0.455. The first-order chi connectivity index (χ1) is 8.10. The van der Waals surface area contributed by atoms with Gasteiger partial charge in [0.15, 0.2) is 0 Å². The van der Waals surface area contributed by atoms with Crippen LogP contribution < -0.4 is 11.3 Å². The van der Waals surface area contributed by atoms with Crippen LogP contribution in [0.2, 0.25) is 0 Å². The molecule has 1 aromatic rings. The van der Waals surface area contributed by atoms with Gasteiger partial charge in [-0.2, -0.15) is 0 Å². The quantitative estimate of drug-likeness (QED) is 0.482. The Bertz CT molecular complexity index is 353. The first-order valence-corrected chi connectivity index (χ1v) is 5.99. The second-order valence-electron chi connectivity index (χ2n) is 3.64. The minimum Gasteiger partial charge on any atom is -0.385 e. The van der Waals surface area contributed by atoms with Gasteiger partial charge in [-0.25, -0.2) is 8.78 Å². The van der Waals surface area contributed by atoms with Crippen molar-refractivity contribution in [2.45, 2.75) is 18.9 Å². The zero-order chi connectivity index (χ0) is 12.8. The van der Waals surface area contributed by atoms with Gasteiger partial charge >= 0.3 is 0 Å². The Balaban J connectivity index is 2.87. The van der Waals surface area contributed by atoms with Crippen LogP contribution in [0.15, 0.2) is 16.6 Å². The molecule has 17 heavy (non-hydrogen) atoms. The van der Waals surface area contributed by atoms with Crippen LogP contribution in [0.4, 0.5) is 8.78 Å². The lowest BCUT2D eigenvalue weighted by Gasteiger charge is -2.17. The maximum Gasteiger partial charge on any atom is 0.132 e. The fourth-order valence-corrected chi connectivity index (χ4v) is 2.03. The van der Waals surface area contributed by atoms with Gasteiger partial charge in [-0.15, -0.1) is 0 Å². The number of hydrogen-bond donors (Lipinski definition) is 2. The van der Waals surface area contributed by atoms with Crippen LogP contribution >= 0.6 is 15.9 Å². The van der Waals surface area contributed by atoms with Crippen LogP contribution in [-0.2, 0) is 4.74 Å². The standard InChI is InChI=1S/C11H15BrF2N2O/c1-17-4-2-3-10(16-15)11-8(13)5-7(12)6-9(11)14/h5-6,10,16H,2-4,15H2,1H3. The topological polar surface area (TPSA) is 47.3 Å². The van der Waals surface area contributed by atoms with E-state index in [1.807, 2.05) is 0 Å². The summed E-state index contributed by atoms with van der Waals surface area (Å²) in [5.74, 6) is 4.10. The Kier molecular flexibility index (Phi) is 5.97. The van der Waals surface area contributed by atoms with E-state index in [1.54, 1.807) is 7.11 Å². The van der Waals surface area contributed by atoms with Crippen LogP contribution in [0.1, 0.15) is 24.4 Å². The third-order valence-corrected chi connectivity index (χ3v) is 2.89. The molecule has 0 aliphatic carbocycles. The van der Waals surface area contributed by atoms with E-state index in [4.69, 9.17) is 10.6 Å². The van der Waals surface area contributed by atoms with Crippen molar-refractivity contribution >= 4 is 15.9 Å². The van der Waals surface area contributed by atoms with Gasteiger partial charge in [0, 0.05) is 23.8 Å². The molecule has 0 amide bonds. The molecular weight excluding hydrogens is 294 g/mol. The summed E-state index contributed by atoms with van der Waals surface area (Å²) in [5.41, 5.74) is 2.39. The number of methoxy groups -OCH3 is 1. The highest BCUT2D eigenvalue weighted by atomic mass is 79.9. The minimum absolute atomic E-state index is 0.0354. The average Bonchev–Trinajstić information content (AvgIpc) is 2.25. The van der Waals surface area contributed by atoms with Crippen LogP contribution in [-0.4, -0.2) is 13.7 Å². The minimum atomic E-state index is -0.614. The Morgan fingerprint density at radius 2 is 2.00 bits per heavy atom. The molecule has 3 N–H and O–H groups in total. The molecule has 0 aromatic heterocycles. The summed E-state index contributed by atoms with van der Waals surface area (Å²) in [6.45, 7) is 0.526. The van der Waals surface area contributed by atoms with Gasteiger partial charge in [0.05, 0.1) is 6.04 Å². The summed E-state index contributed by atoms with van der Waals surface area (Å²) >= 11 is 3.03. The van der Waals surface area contributed by atoms with E-state index in [1.165, 1.54) is 12.1 Å². The fourth-order valence-electron chi connectivity index (χ4n) is 1.63. The van der Waals surface area contributed by atoms with Gasteiger partial charge in [0.25, 0.3) is 0 Å². The lowest BCUT2D eigenvalue weighted by atomic mass is 10.0. The molecule has 0 saturated heterocycles. The summed E-state index contributed by atoms with van der Waals surface area (Å²) in [7, 11) is 1.58. The van der Waals surface area contributed by atoms with Crippen molar-refractivity contribution in [2.24, 2.45) is 5.84 Å². The van der Waals surface area contributed by atoms with Crippen LogP contribution in [0.3, 0.4) is 0 Å². The predicted molar refractivity (Wildman–Crippen MR) is 65.2 cm³/mol. The van der Waals surface area contributed by atoms with Gasteiger partial charge in [0.2, 0.25) is 0 Å². The van der Waals surface area contributed by atoms with Gasteiger partial charge < -0.3 is 4.74 Å². The monoisotopic (exact) mass is 308 g/mol. The zero-order valence-corrected chi connectivity index (χ0v) is 11.1. The van der Waals surface area contributed by atoms with Crippen molar-refractivity contribution < 1.29 is 13.5 Å². The zero-order valence-electron chi connectivity index (χ0n) is 9.47. The molecule has 0 bridgehead atoms. The maximum absolute atomic E-state index is 13.7. The van der Waals surface area contributed by atoms with Crippen LogP contribution in [0.25, 0.3) is 0 Å². The van der Waals surface area contributed by atoms with E-state index in [0.717, 1.165) is 0 Å². The number of ether oxygens (including phenoxy) is 1. The highest BCUT2D eigenvalue weighted by Gasteiger charge is 2.19. The Labute approximate surface area is 107 Å². The Hall–Kier alpha value is -0.560. The van der Waals surface area contributed by atoms with Crippen molar-refractivity contribution in [3.8, 4) is 0 Å². The van der Waals surface area contributed by atoms with Crippen LogP contribution in [0.5, 0.6) is 0 Å². The van der Waals surface area contributed by atoms with Crippen molar-refractivity contribution in [1.29, 1.82) is 0 Å². The molecular formula is C11H15BrF2N2O. The Morgan fingerprint density at radius 3 is 2.47 bits per heavy atom. The van der Waals surface area contributed by atoms with Crippen LogP contribution in [0, 0.1) is 11.6 Å². The smallest absolute Gasteiger partial charge is 0.132 e. The van der Waals surface area contributed by atoms with E-state index >= 15 is 0 Å². The molecule has 1 unspecified atom stereocenters. The highest BCUT2D eigenvalue weighted by Crippen LogP contribution is 2.27. The van der Waals surface area contributed by atoms with E-state index < -0.39 is 17.7 Å². The number of nitrogens with two attached hydrogens (primary N) is 1. The first-order valence-electron chi connectivity index (χ1n) is 5.19. The van der Waals surface area contributed by atoms with E-state index in [9.17, 15) is 8.78 Å². The van der Waals surface area contributed by atoms with Crippen molar-refractivity contribution in [3.05, 3.63) is 33.8 Å². The van der Waals surface area contributed by atoms with Crippen molar-refractivity contribution in [3.63, 3.8) is 0 Å². The summed E-state index contributed by atoms with van der Waals surface area (Å²) in [5, 5.41) is 0. The molecule has 0 aliphatic heterocycles. The number of halogens is 3. The summed E-state index contributed by atoms with van der Waals surface area (Å²) in [6, 6.07) is 1.89. The molecule has 0 saturated carbocycles. The summed E-state index contributed by atoms with van der Waals surface area (Å²) in [6.07, 6.45) is 1.17. The highest BCUT2D eigenvalue weighted by molar-refractivity contribution is 9.10. The number of hydrogen-bond acceptors (Lipinski definition) is 3. The average molecular weight is 309 g/mol. The largest absolute Gasteiger partial charge is 0.385 e. The molecule has 0 fully saturated rings. The summed E-state index contributed by atoms with van der Waals surface area (Å²) < 4.78 is 32.6. The Morgan fingerprint density at radius 1 is 1.41 bits per heavy atom. The maximum atomic E-state index is 13.7. The number of rotatable bonds is 6. The van der Waals surface area contributed by atoms with Gasteiger partial charge in [0.1, 0.15) is 11.6 Å². The SMILES string of the molecule is COCCCC(NN)c1c(F)cc(Br)cc1F. The molecule has 0 radical (unpaired) electrons. The van der Waals surface area contributed by atoms with E-state index in [-0.39, 0.29) is 5.56 Å². The van der Waals surface area contributed by atoms with E-state index in [2.05, 4.69) is 21.4 Å². The number of hydrazine groups is 1. The van der Waals surface area contributed by atoms with Gasteiger partial charge in [-0.3, -0.25) is 11.3 Å². The molecule has 1 rings (SSSR count). The molecule has 3 nitrogen and oxygen atoms in total. The molecule has 1 aromatic carbocycles. The third-order valence-electron chi connectivity index (χ3n) is 2.43. The normalized spacial score (nSPS) is 12.8.